The van der Waals surface area contributed by atoms with Crippen LogP contribution in [0.1, 0.15) is 22.3 Å². The summed E-state index contributed by atoms with van der Waals surface area (Å²) in [5.41, 5.74) is 0.0869. The van der Waals surface area contributed by atoms with E-state index in [1.54, 1.807) is 18.2 Å². The van der Waals surface area contributed by atoms with Crippen molar-refractivity contribution in [2.24, 2.45) is 0 Å². The lowest BCUT2D eigenvalue weighted by Gasteiger charge is -2.29. The lowest BCUT2D eigenvalue weighted by atomic mass is 9.94. The number of nitrogens with one attached hydrogen (secondary N) is 2. The summed E-state index contributed by atoms with van der Waals surface area (Å²) in [5, 5.41) is 13.5. The Balaban J connectivity index is 1.75. The predicted molar refractivity (Wildman–Crippen MR) is 95.8 cm³/mol. The third-order valence-electron chi connectivity index (χ3n) is 4.44. The van der Waals surface area contributed by atoms with Gasteiger partial charge in [0.25, 0.3) is 11.8 Å². The first-order valence-corrected chi connectivity index (χ1v) is 8.35. The second-order valence-corrected chi connectivity index (χ2v) is 6.26. The summed E-state index contributed by atoms with van der Waals surface area (Å²) in [4.78, 5) is 38.1. The van der Waals surface area contributed by atoms with E-state index in [9.17, 15) is 14.4 Å². The standard InChI is InChI=1S/C19H19N3O5/c1-2-7-19(17(25)20-18(26)21-19)12-22-11-13-10-14(27-9-4-3-8-23)5-6-15(13)16(22)24/h2,5-6,10,23H,1,7-9,11-12H2,(H2,20,21,25,26)/t19-/m1/s1. The molecule has 4 amide bonds. The Bertz CT molecular complexity index is 870. The van der Waals surface area contributed by atoms with Gasteiger partial charge in [-0.05, 0) is 30.2 Å². The molecule has 0 bridgehead atoms. The zero-order valence-electron chi connectivity index (χ0n) is 14.6. The number of carbonyl (C=O) groups is 3. The zero-order valence-corrected chi connectivity index (χ0v) is 14.6. The number of aliphatic hydroxyl groups excluding tert-OH is 1. The Labute approximate surface area is 156 Å². The van der Waals surface area contributed by atoms with Crippen LogP contribution < -0.4 is 15.4 Å². The molecule has 0 aromatic heterocycles. The summed E-state index contributed by atoms with van der Waals surface area (Å²) in [6.07, 6.45) is 1.75. The molecular weight excluding hydrogens is 350 g/mol. The summed E-state index contributed by atoms with van der Waals surface area (Å²) in [7, 11) is 0. The highest BCUT2D eigenvalue weighted by molar-refractivity contribution is 6.08. The van der Waals surface area contributed by atoms with Gasteiger partial charge in [0, 0.05) is 12.1 Å². The molecule has 1 fully saturated rings. The molecule has 1 aromatic rings. The summed E-state index contributed by atoms with van der Waals surface area (Å²) >= 11 is 0. The van der Waals surface area contributed by atoms with Gasteiger partial charge < -0.3 is 20.1 Å². The fourth-order valence-corrected chi connectivity index (χ4v) is 3.22. The second kappa shape index (κ2) is 7.51. The van der Waals surface area contributed by atoms with E-state index < -0.39 is 17.5 Å². The normalized spacial score (nSPS) is 20.5. The number of imide groups is 1. The SMILES string of the molecule is C=CC[C@]1(CN2Cc3cc(OCC#CCO)ccc3C2=O)NC(=O)NC1=O. The largest absolute Gasteiger partial charge is 0.481 e. The van der Waals surface area contributed by atoms with E-state index in [4.69, 9.17) is 9.84 Å². The van der Waals surface area contributed by atoms with Crippen molar-refractivity contribution in [3.8, 4) is 17.6 Å². The molecule has 1 aromatic carbocycles. The number of benzene rings is 1. The van der Waals surface area contributed by atoms with Crippen molar-refractivity contribution in [2.45, 2.75) is 18.5 Å². The predicted octanol–water partition coefficient (Wildman–Crippen LogP) is 0.171. The molecule has 1 atom stereocenters. The molecule has 140 valence electrons. The van der Waals surface area contributed by atoms with Gasteiger partial charge in [-0.2, -0.15) is 0 Å². The molecule has 27 heavy (non-hydrogen) atoms. The first-order valence-electron chi connectivity index (χ1n) is 8.35. The van der Waals surface area contributed by atoms with E-state index in [0.29, 0.717) is 17.9 Å². The van der Waals surface area contributed by atoms with Gasteiger partial charge in [-0.3, -0.25) is 14.9 Å². The summed E-state index contributed by atoms with van der Waals surface area (Å²) in [6.45, 7) is 3.88. The number of hydrogen-bond donors (Lipinski definition) is 3. The number of ether oxygens (including phenoxy) is 1. The lowest BCUT2D eigenvalue weighted by molar-refractivity contribution is -0.124. The van der Waals surface area contributed by atoms with Gasteiger partial charge in [-0.1, -0.05) is 17.9 Å². The first kappa shape index (κ1) is 18.5. The van der Waals surface area contributed by atoms with Crippen molar-refractivity contribution in [3.63, 3.8) is 0 Å². The summed E-state index contributed by atoms with van der Waals surface area (Å²) in [6, 6.07) is 4.51. The Morgan fingerprint density at radius 3 is 2.81 bits per heavy atom. The van der Waals surface area contributed by atoms with Crippen LogP contribution in [0.5, 0.6) is 5.75 Å². The fourth-order valence-electron chi connectivity index (χ4n) is 3.22. The highest BCUT2D eigenvalue weighted by Gasteiger charge is 2.48. The Morgan fingerprint density at radius 2 is 2.15 bits per heavy atom. The molecule has 2 aliphatic heterocycles. The second-order valence-electron chi connectivity index (χ2n) is 6.26. The molecule has 0 unspecified atom stereocenters. The molecule has 2 heterocycles. The molecule has 2 aliphatic rings. The van der Waals surface area contributed by atoms with E-state index in [1.165, 1.54) is 11.0 Å². The number of aliphatic hydroxyl groups is 1. The van der Waals surface area contributed by atoms with Gasteiger partial charge in [0.05, 0.1) is 6.54 Å². The maximum atomic E-state index is 12.7. The fraction of sp³-hybridized carbons (Fsp3) is 0.316. The number of fused-ring (bicyclic) bond motifs is 1. The molecule has 0 radical (unpaired) electrons. The molecule has 8 nitrogen and oxygen atoms in total. The third kappa shape index (κ3) is 3.64. The van der Waals surface area contributed by atoms with Crippen LogP contribution in [0.4, 0.5) is 4.79 Å². The maximum Gasteiger partial charge on any atom is 0.322 e. The average molecular weight is 369 g/mol. The number of urea groups is 1. The minimum atomic E-state index is -1.21. The van der Waals surface area contributed by atoms with Crippen LogP contribution in [0.25, 0.3) is 0 Å². The summed E-state index contributed by atoms with van der Waals surface area (Å²) < 4.78 is 5.48. The topological polar surface area (TPSA) is 108 Å². The molecule has 3 N–H and O–H groups in total. The molecular formula is C19H19N3O5. The minimum absolute atomic E-state index is 0.0439. The first-order chi connectivity index (χ1) is 13.0. The molecule has 0 spiro atoms. The van der Waals surface area contributed by atoms with Crippen LogP contribution in [0.2, 0.25) is 0 Å². The van der Waals surface area contributed by atoms with Crippen molar-refractivity contribution < 1.29 is 24.2 Å². The third-order valence-corrected chi connectivity index (χ3v) is 4.44. The smallest absolute Gasteiger partial charge is 0.322 e. The van der Waals surface area contributed by atoms with E-state index in [0.717, 1.165) is 5.56 Å². The maximum absolute atomic E-state index is 12.7. The van der Waals surface area contributed by atoms with Crippen LogP contribution in [-0.4, -0.2) is 53.1 Å². The number of amides is 4. The van der Waals surface area contributed by atoms with Crippen LogP contribution in [0.3, 0.4) is 0 Å². The monoisotopic (exact) mass is 369 g/mol. The number of carbonyl (C=O) groups excluding carboxylic acids is 3. The van der Waals surface area contributed by atoms with Gasteiger partial charge in [-0.25, -0.2) is 4.79 Å². The van der Waals surface area contributed by atoms with Crippen molar-refractivity contribution in [2.75, 3.05) is 19.8 Å². The number of nitrogens with zero attached hydrogens (tertiary/aromatic N) is 1. The van der Waals surface area contributed by atoms with Gasteiger partial charge >= 0.3 is 6.03 Å². The van der Waals surface area contributed by atoms with Gasteiger partial charge in [0.15, 0.2) is 0 Å². The van der Waals surface area contributed by atoms with Crippen molar-refractivity contribution in [1.82, 2.24) is 15.5 Å². The van der Waals surface area contributed by atoms with Crippen molar-refractivity contribution in [1.29, 1.82) is 0 Å². The van der Waals surface area contributed by atoms with E-state index in [1.807, 2.05) is 0 Å². The van der Waals surface area contributed by atoms with E-state index >= 15 is 0 Å². The van der Waals surface area contributed by atoms with Crippen LogP contribution in [0, 0.1) is 11.8 Å². The summed E-state index contributed by atoms with van der Waals surface area (Å²) in [5.74, 6) is 5.01. The Morgan fingerprint density at radius 1 is 1.33 bits per heavy atom. The Hall–Kier alpha value is -3.31. The molecule has 0 saturated carbocycles. The lowest BCUT2D eigenvalue weighted by Crippen LogP contribution is -2.55. The molecule has 0 aliphatic carbocycles. The molecule has 1 saturated heterocycles. The molecule has 3 rings (SSSR count). The van der Waals surface area contributed by atoms with E-state index in [2.05, 4.69) is 29.1 Å². The van der Waals surface area contributed by atoms with Gasteiger partial charge in [-0.15, -0.1) is 6.58 Å². The van der Waals surface area contributed by atoms with Crippen molar-refractivity contribution in [3.05, 3.63) is 42.0 Å². The number of rotatable bonds is 6. The van der Waals surface area contributed by atoms with Crippen LogP contribution >= 0.6 is 0 Å². The number of hydrogen-bond acceptors (Lipinski definition) is 5. The van der Waals surface area contributed by atoms with Crippen molar-refractivity contribution >= 4 is 17.8 Å². The average Bonchev–Trinajstić information content (AvgIpc) is 3.08. The Kier molecular flexibility index (Phi) is 5.14. The highest BCUT2D eigenvalue weighted by atomic mass is 16.5. The minimum Gasteiger partial charge on any atom is -0.481 e. The van der Waals surface area contributed by atoms with E-state index in [-0.39, 0.29) is 32.1 Å². The zero-order chi connectivity index (χ0) is 19.4. The van der Waals surface area contributed by atoms with Crippen LogP contribution in [0.15, 0.2) is 30.9 Å². The van der Waals surface area contributed by atoms with Gasteiger partial charge in [0.2, 0.25) is 0 Å². The quantitative estimate of drug-likeness (QED) is 0.376. The highest BCUT2D eigenvalue weighted by Crippen LogP contribution is 2.29. The van der Waals surface area contributed by atoms with Gasteiger partial charge in [0.1, 0.15) is 24.5 Å². The van der Waals surface area contributed by atoms with Crippen LogP contribution in [-0.2, 0) is 11.3 Å². The molecule has 8 heteroatoms.